The molecule has 2 rings (SSSR count). The van der Waals surface area contributed by atoms with Crippen LogP contribution in [0.3, 0.4) is 0 Å². The molecule has 3 heteroatoms. The van der Waals surface area contributed by atoms with Gasteiger partial charge in [0.15, 0.2) is 0 Å². The highest BCUT2D eigenvalue weighted by Crippen LogP contribution is 2.34. The number of rotatable bonds is 3. The van der Waals surface area contributed by atoms with E-state index < -0.39 is 0 Å². The Morgan fingerprint density at radius 1 is 1.33 bits per heavy atom. The van der Waals surface area contributed by atoms with E-state index in [4.69, 9.17) is 4.74 Å². The molecule has 1 heterocycles. The van der Waals surface area contributed by atoms with E-state index in [-0.39, 0.29) is 0 Å². The number of nitrogens with zero attached hydrogens (tertiary/aromatic N) is 1. The lowest BCUT2D eigenvalue weighted by Gasteiger charge is -2.08. The summed E-state index contributed by atoms with van der Waals surface area (Å²) in [5, 5.41) is 0. The normalized spacial score (nSPS) is 10.3. The van der Waals surface area contributed by atoms with Crippen LogP contribution in [0.1, 0.15) is 12.6 Å². The Kier molecular flexibility index (Phi) is 3.02. The van der Waals surface area contributed by atoms with Crippen molar-refractivity contribution in [3.05, 3.63) is 35.5 Å². The van der Waals surface area contributed by atoms with Gasteiger partial charge in [-0.05, 0) is 26.0 Å². The van der Waals surface area contributed by atoms with Gasteiger partial charge >= 0.3 is 0 Å². The summed E-state index contributed by atoms with van der Waals surface area (Å²) in [4.78, 5) is 5.45. The lowest BCUT2D eigenvalue weighted by atomic mass is 10.1. The number of ether oxygens (including phenoxy) is 1. The molecule has 0 amide bonds. The van der Waals surface area contributed by atoms with E-state index in [0.29, 0.717) is 6.61 Å². The van der Waals surface area contributed by atoms with E-state index in [1.807, 2.05) is 37.6 Å². The number of aryl methyl sites for hydroxylation is 1. The highest BCUT2D eigenvalue weighted by Gasteiger charge is 2.09. The molecule has 0 unspecified atom stereocenters. The molecule has 2 aromatic rings. The largest absolute Gasteiger partial charge is 0.493 e. The van der Waals surface area contributed by atoms with Crippen molar-refractivity contribution >= 4 is 11.3 Å². The molecule has 0 bridgehead atoms. The van der Waals surface area contributed by atoms with Crippen molar-refractivity contribution in [3.63, 3.8) is 0 Å². The maximum Gasteiger partial charge on any atom is 0.127 e. The Morgan fingerprint density at radius 2 is 2.13 bits per heavy atom. The zero-order valence-electron chi connectivity index (χ0n) is 8.86. The Morgan fingerprint density at radius 3 is 2.80 bits per heavy atom. The minimum Gasteiger partial charge on any atom is -0.493 e. The maximum absolute atomic E-state index is 5.59. The molecular weight excluding hydrogens is 206 g/mol. The molecule has 0 radical (unpaired) electrons. The summed E-state index contributed by atoms with van der Waals surface area (Å²) < 4.78 is 5.59. The zero-order chi connectivity index (χ0) is 10.7. The summed E-state index contributed by atoms with van der Waals surface area (Å²) in [6.07, 6.45) is 0. The van der Waals surface area contributed by atoms with Crippen LogP contribution in [-0.4, -0.2) is 11.6 Å². The van der Waals surface area contributed by atoms with Gasteiger partial charge in [-0.3, -0.25) is 0 Å². The molecule has 78 valence electrons. The molecule has 0 N–H and O–H groups in total. The molecule has 0 fully saturated rings. The molecule has 1 aromatic heterocycles. The predicted octanol–water partition coefficient (Wildman–Crippen LogP) is 3.52. The van der Waals surface area contributed by atoms with Crippen molar-refractivity contribution in [3.8, 4) is 16.2 Å². The standard InChI is InChI=1S/C12H13NOS/c1-3-14-11-7-5-4-6-10(11)12-9(2)13-8-15-12/h4-8H,3H2,1-2H3. The molecule has 0 saturated heterocycles. The van der Waals surface area contributed by atoms with Crippen LogP contribution in [0.25, 0.3) is 10.4 Å². The molecular formula is C12H13NOS. The fourth-order valence-corrected chi connectivity index (χ4v) is 2.33. The SMILES string of the molecule is CCOc1ccccc1-c1scnc1C. The van der Waals surface area contributed by atoms with Crippen molar-refractivity contribution in [2.75, 3.05) is 6.61 Å². The maximum atomic E-state index is 5.59. The first-order valence-corrected chi connectivity index (χ1v) is 5.83. The van der Waals surface area contributed by atoms with Crippen LogP contribution in [-0.2, 0) is 0 Å². The first-order chi connectivity index (χ1) is 7.33. The summed E-state index contributed by atoms with van der Waals surface area (Å²) in [6.45, 7) is 4.71. The van der Waals surface area contributed by atoms with E-state index in [2.05, 4.69) is 11.1 Å². The minimum atomic E-state index is 0.689. The van der Waals surface area contributed by atoms with Crippen LogP contribution in [0.5, 0.6) is 5.75 Å². The van der Waals surface area contributed by atoms with Gasteiger partial charge in [0.2, 0.25) is 0 Å². The second-order valence-corrected chi connectivity index (χ2v) is 4.05. The van der Waals surface area contributed by atoms with E-state index in [1.54, 1.807) is 11.3 Å². The van der Waals surface area contributed by atoms with Gasteiger partial charge in [0.05, 0.1) is 22.7 Å². The molecule has 0 spiro atoms. The Hall–Kier alpha value is -1.35. The fraction of sp³-hybridized carbons (Fsp3) is 0.250. The second-order valence-electron chi connectivity index (χ2n) is 3.20. The number of hydrogen-bond acceptors (Lipinski definition) is 3. The second kappa shape index (κ2) is 4.45. The summed E-state index contributed by atoms with van der Waals surface area (Å²) >= 11 is 1.65. The predicted molar refractivity (Wildman–Crippen MR) is 63.5 cm³/mol. The molecule has 0 saturated carbocycles. The van der Waals surface area contributed by atoms with Crippen LogP contribution >= 0.6 is 11.3 Å². The number of aromatic nitrogens is 1. The van der Waals surface area contributed by atoms with Gasteiger partial charge in [0, 0.05) is 5.56 Å². The summed E-state index contributed by atoms with van der Waals surface area (Å²) in [7, 11) is 0. The number of para-hydroxylation sites is 1. The third kappa shape index (κ3) is 2.02. The van der Waals surface area contributed by atoms with Crippen LogP contribution in [0, 0.1) is 6.92 Å². The van der Waals surface area contributed by atoms with Crippen molar-refractivity contribution in [1.82, 2.24) is 4.98 Å². The molecule has 0 aliphatic rings. The first-order valence-electron chi connectivity index (χ1n) is 4.95. The number of benzene rings is 1. The topological polar surface area (TPSA) is 22.1 Å². The zero-order valence-corrected chi connectivity index (χ0v) is 9.67. The van der Waals surface area contributed by atoms with Crippen LogP contribution in [0.15, 0.2) is 29.8 Å². The van der Waals surface area contributed by atoms with Gasteiger partial charge in [0.25, 0.3) is 0 Å². The smallest absolute Gasteiger partial charge is 0.127 e. The van der Waals surface area contributed by atoms with Crippen molar-refractivity contribution in [1.29, 1.82) is 0 Å². The van der Waals surface area contributed by atoms with E-state index in [1.165, 1.54) is 4.88 Å². The highest BCUT2D eigenvalue weighted by molar-refractivity contribution is 7.13. The number of thiazole rings is 1. The van der Waals surface area contributed by atoms with Gasteiger partial charge in [0.1, 0.15) is 5.75 Å². The lowest BCUT2D eigenvalue weighted by molar-refractivity contribution is 0.341. The third-order valence-corrected chi connectivity index (χ3v) is 3.14. The Bertz CT molecular complexity index is 450. The lowest BCUT2D eigenvalue weighted by Crippen LogP contribution is -1.93. The highest BCUT2D eigenvalue weighted by atomic mass is 32.1. The van der Waals surface area contributed by atoms with Crippen LogP contribution < -0.4 is 4.74 Å². The van der Waals surface area contributed by atoms with E-state index in [0.717, 1.165) is 17.0 Å². The summed E-state index contributed by atoms with van der Waals surface area (Å²) in [6, 6.07) is 8.09. The van der Waals surface area contributed by atoms with Crippen molar-refractivity contribution in [2.24, 2.45) is 0 Å². The molecule has 0 atom stereocenters. The van der Waals surface area contributed by atoms with Gasteiger partial charge in [-0.2, -0.15) is 0 Å². The van der Waals surface area contributed by atoms with E-state index in [9.17, 15) is 0 Å². The average molecular weight is 219 g/mol. The van der Waals surface area contributed by atoms with Gasteiger partial charge in [-0.15, -0.1) is 11.3 Å². The molecule has 0 aliphatic heterocycles. The van der Waals surface area contributed by atoms with Gasteiger partial charge in [-0.1, -0.05) is 12.1 Å². The minimum absolute atomic E-state index is 0.689. The quantitative estimate of drug-likeness (QED) is 0.788. The Labute approximate surface area is 93.6 Å². The summed E-state index contributed by atoms with van der Waals surface area (Å²) in [5.74, 6) is 0.937. The monoisotopic (exact) mass is 219 g/mol. The third-order valence-electron chi connectivity index (χ3n) is 2.18. The fourth-order valence-electron chi connectivity index (χ4n) is 1.50. The Balaban J connectivity index is 2.48. The van der Waals surface area contributed by atoms with E-state index >= 15 is 0 Å². The van der Waals surface area contributed by atoms with Crippen molar-refractivity contribution < 1.29 is 4.74 Å². The average Bonchev–Trinajstić information content (AvgIpc) is 2.66. The van der Waals surface area contributed by atoms with Crippen molar-refractivity contribution in [2.45, 2.75) is 13.8 Å². The first kappa shape index (κ1) is 10.2. The summed E-state index contributed by atoms with van der Waals surface area (Å²) in [5.41, 5.74) is 4.07. The van der Waals surface area contributed by atoms with Gasteiger partial charge in [-0.25, -0.2) is 4.98 Å². The number of hydrogen-bond donors (Lipinski definition) is 0. The van der Waals surface area contributed by atoms with Crippen LogP contribution in [0.2, 0.25) is 0 Å². The van der Waals surface area contributed by atoms with Crippen LogP contribution in [0.4, 0.5) is 0 Å². The molecule has 1 aromatic carbocycles. The molecule has 2 nitrogen and oxygen atoms in total. The molecule has 0 aliphatic carbocycles. The van der Waals surface area contributed by atoms with Gasteiger partial charge < -0.3 is 4.74 Å². The molecule has 15 heavy (non-hydrogen) atoms.